The lowest BCUT2D eigenvalue weighted by Gasteiger charge is -2.13. The predicted octanol–water partition coefficient (Wildman–Crippen LogP) is 3.74. The first-order valence-electron chi connectivity index (χ1n) is 8.47. The van der Waals surface area contributed by atoms with E-state index in [0.29, 0.717) is 17.4 Å². The summed E-state index contributed by atoms with van der Waals surface area (Å²) < 4.78 is 68.5. The number of nitrogens with zero attached hydrogens (tertiary/aromatic N) is 2. The van der Waals surface area contributed by atoms with Crippen molar-refractivity contribution >= 4 is 21.4 Å². The third kappa shape index (κ3) is 3.88. The van der Waals surface area contributed by atoms with Crippen molar-refractivity contribution in [3.63, 3.8) is 0 Å². The Labute approximate surface area is 170 Å². The lowest BCUT2D eigenvalue weighted by Crippen LogP contribution is -2.23. The van der Waals surface area contributed by atoms with Crippen LogP contribution in [0.4, 0.5) is 18.9 Å². The lowest BCUT2D eigenvalue weighted by molar-refractivity contribution is -0.0436. The molecule has 0 radical (unpaired) electrons. The molecule has 0 aliphatic rings. The Hall–Kier alpha value is -3.34. The van der Waals surface area contributed by atoms with Crippen LogP contribution in [0, 0.1) is 6.92 Å². The number of carbonyl (C=O) groups excluding carboxylic acids is 1. The molecule has 158 valence electrons. The second-order valence-corrected chi connectivity index (χ2v) is 8.10. The first-order chi connectivity index (χ1) is 14.1. The second kappa shape index (κ2) is 7.82. The second-order valence-electron chi connectivity index (χ2n) is 6.16. The van der Waals surface area contributed by atoms with Gasteiger partial charge in [0.05, 0.1) is 40.8 Å². The summed E-state index contributed by atoms with van der Waals surface area (Å²) in [5, 5.41) is 6.56. The van der Waals surface area contributed by atoms with Gasteiger partial charge in [0.2, 0.25) is 0 Å². The fraction of sp³-hybridized carbons (Fsp3) is 0.158. The van der Waals surface area contributed by atoms with Gasteiger partial charge in [-0.25, -0.2) is 13.1 Å². The highest BCUT2D eigenvalue weighted by Gasteiger charge is 2.47. The highest BCUT2D eigenvalue weighted by molar-refractivity contribution is 7.92. The van der Waals surface area contributed by atoms with Gasteiger partial charge in [-0.2, -0.15) is 18.3 Å². The number of para-hydroxylation sites is 1. The Balaban J connectivity index is 1.96. The zero-order valence-electron chi connectivity index (χ0n) is 15.8. The topological polar surface area (TPSA) is 90.3 Å². The molecule has 1 heterocycles. The molecule has 0 saturated carbocycles. The van der Waals surface area contributed by atoms with Crippen molar-refractivity contribution in [2.45, 2.75) is 17.3 Å². The standard InChI is InChI=1S/C19H16F3N3O4S/c1-12-15(11-23-25(12)13-6-4-3-5-7-13)18(26)24-16-10-14(8-9-17(16)29-2)30(27,28)19(20,21)22/h3-11H,1-2H3,(H,24,26). The number of sulfone groups is 1. The van der Waals surface area contributed by atoms with Crippen LogP contribution < -0.4 is 10.1 Å². The van der Waals surface area contributed by atoms with Crippen molar-refractivity contribution in [2.24, 2.45) is 0 Å². The minimum Gasteiger partial charge on any atom is -0.495 e. The van der Waals surface area contributed by atoms with Crippen molar-refractivity contribution in [1.82, 2.24) is 9.78 Å². The van der Waals surface area contributed by atoms with Gasteiger partial charge in [-0.15, -0.1) is 0 Å². The maximum atomic E-state index is 12.9. The maximum absolute atomic E-state index is 12.9. The average Bonchev–Trinajstić information content (AvgIpc) is 3.09. The number of carbonyl (C=O) groups is 1. The summed E-state index contributed by atoms with van der Waals surface area (Å²) in [5.74, 6) is -0.688. The number of alkyl halides is 3. The lowest BCUT2D eigenvalue weighted by atomic mass is 10.2. The van der Waals surface area contributed by atoms with Crippen LogP contribution in [0.1, 0.15) is 16.1 Å². The van der Waals surface area contributed by atoms with Crippen LogP contribution >= 0.6 is 0 Å². The maximum Gasteiger partial charge on any atom is 0.501 e. The Morgan fingerprint density at radius 2 is 1.80 bits per heavy atom. The van der Waals surface area contributed by atoms with E-state index in [2.05, 4.69) is 10.4 Å². The molecule has 0 unspecified atom stereocenters. The molecule has 0 atom stereocenters. The normalized spacial score (nSPS) is 11.9. The van der Waals surface area contributed by atoms with Crippen LogP contribution in [-0.4, -0.2) is 36.7 Å². The van der Waals surface area contributed by atoms with E-state index in [9.17, 15) is 26.4 Å². The van der Waals surface area contributed by atoms with Crippen LogP contribution in [-0.2, 0) is 9.84 Å². The van der Waals surface area contributed by atoms with Crippen molar-refractivity contribution in [2.75, 3.05) is 12.4 Å². The summed E-state index contributed by atoms with van der Waals surface area (Å²) in [7, 11) is -4.35. The summed E-state index contributed by atoms with van der Waals surface area (Å²) in [4.78, 5) is 11.7. The Morgan fingerprint density at radius 3 is 2.40 bits per heavy atom. The summed E-state index contributed by atoms with van der Waals surface area (Å²) in [6, 6.07) is 11.5. The molecule has 1 N–H and O–H groups in total. The van der Waals surface area contributed by atoms with Crippen molar-refractivity contribution < 1.29 is 31.1 Å². The van der Waals surface area contributed by atoms with Gasteiger partial charge in [-0.1, -0.05) is 18.2 Å². The van der Waals surface area contributed by atoms with Gasteiger partial charge in [-0.05, 0) is 37.3 Å². The SMILES string of the molecule is COc1ccc(S(=O)(=O)C(F)(F)F)cc1NC(=O)c1cnn(-c2ccccc2)c1C. The molecule has 0 spiro atoms. The molecule has 1 aromatic heterocycles. The quantitative estimate of drug-likeness (QED) is 0.654. The smallest absolute Gasteiger partial charge is 0.495 e. The number of aromatic nitrogens is 2. The molecule has 3 aromatic rings. The van der Waals surface area contributed by atoms with Gasteiger partial charge in [0.15, 0.2) is 0 Å². The van der Waals surface area contributed by atoms with Gasteiger partial charge in [0.25, 0.3) is 15.7 Å². The van der Waals surface area contributed by atoms with Gasteiger partial charge in [0, 0.05) is 0 Å². The number of ether oxygens (including phenoxy) is 1. The molecule has 30 heavy (non-hydrogen) atoms. The Kier molecular flexibility index (Phi) is 5.57. The van der Waals surface area contributed by atoms with Crippen molar-refractivity contribution in [3.05, 3.63) is 66.0 Å². The van der Waals surface area contributed by atoms with Gasteiger partial charge in [0.1, 0.15) is 5.75 Å². The van der Waals surface area contributed by atoms with E-state index >= 15 is 0 Å². The fourth-order valence-corrected chi connectivity index (χ4v) is 3.52. The number of hydrogen-bond acceptors (Lipinski definition) is 5. The number of nitrogens with one attached hydrogen (secondary N) is 1. The molecule has 0 fully saturated rings. The molecule has 3 rings (SSSR count). The van der Waals surface area contributed by atoms with E-state index in [1.165, 1.54) is 18.0 Å². The minimum absolute atomic E-state index is 0.00224. The summed E-state index contributed by atoms with van der Waals surface area (Å²) in [6.07, 6.45) is 1.31. The zero-order chi connectivity index (χ0) is 22.1. The van der Waals surface area contributed by atoms with E-state index in [4.69, 9.17) is 4.74 Å². The van der Waals surface area contributed by atoms with Crippen LogP contribution in [0.3, 0.4) is 0 Å². The van der Waals surface area contributed by atoms with Crippen LogP contribution in [0.2, 0.25) is 0 Å². The van der Waals surface area contributed by atoms with E-state index in [1.807, 2.05) is 6.07 Å². The Morgan fingerprint density at radius 1 is 1.13 bits per heavy atom. The third-order valence-corrected chi connectivity index (χ3v) is 5.77. The summed E-state index contributed by atoms with van der Waals surface area (Å²) in [5.41, 5.74) is -4.35. The minimum atomic E-state index is -5.59. The predicted molar refractivity (Wildman–Crippen MR) is 102 cm³/mol. The summed E-state index contributed by atoms with van der Waals surface area (Å²) >= 11 is 0. The van der Waals surface area contributed by atoms with Crippen LogP contribution in [0.15, 0.2) is 59.6 Å². The van der Waals surface area contributed by atoms with E-state index in [-0.39, 0.29) is 17.0 Å². The van der Waals surface area contributed by atoms with Crippen LogP contribution in [0.5, 0.6) is 5.75 Å². The van der Waals surface area contributed by atoms with E-state index < -0.39 is 26.1 Å². The van der Waals surface area contributed by atoms with Crippen molar-refractivity contribution in [3.8, 4) is 11.4 Å². The number of anilines is 1. The molecular formula is C19H16F3N3O4S. The molecule has 1 amide bonds. The number of hydrogen-bond donors (Lipinski definition) is 1. The van der Waals surface area contributed by atoms with Crippen LogP contribution in [0.25, 0.3) is 5.69 Å². The van der Waals surface area contributed by atoms with Gasteiger partial charge >= 0.3 is 5.51 Å². The molecule has 0 bridgehead atoms. The molecule has 2 aromatic carbocycles. The van der Waals surface area contributed by atoms with E-state index in [1.54, 1.807) is 31.2 Å². The highest BCUT2D eigenvalue weighted by Crippen LogP contribution is 2.35. The van der Waals surface area contributed by atoms with Gasteiger partial charge in [-0.3, -0.25) is 4.79 Å². The van der Waals surface area contributed by atoms with Crippen molar-refractivity contribution in [1.29, 1.82) is 0 Å². The number of rotatable bonds is 5. The Bertz CT molecular complexity index is 1190. The molecular weight excluding hydrogens is 423 g/mol. The third-order valence-electron chi connectivity index (χ3n) is 4.29. The first-order valence-corrected chi connectivity index (χ1v) is 9.95. The zero-order valence-corrected chi connectivity index (χ0v) is 16.6. The largest absolute Gasteiger partial charge is 0.501 e. The average molecular weight is 439 g/mol. The molecule has 0 saturated heterocycles. The number of benzene rings is 2. The summed E-state index contributed by atoms with van der Waals surface area (Å²) in [6.45, 7) is 1.65. The molecule has 11 heteroatoms. The fourth-order valence-electron chi connectivity index (χ4n) is 2.74. The number of methoxy groups -OCH3 is 1. The van der Waals surface area contributed by atoms with Gasteiger partial charge < -0.3 is 10.1 Å². The first kappa shape index (κ1) is 21.4. The molecule has 0 aliphatic heterocycles. The number of amides is 1. The molecule has 0 aliphatic carbocycles. The van der Waals surface area contributed by atoms with E-state index in [0.717, 1.165) is 12.1 Å². The highest BCUT2D eigenvalue weighted by atomic mass is 32.2. The monoisotopic (exact) mass is 439 g/mol. The molecule has 7 nitrogen and oxygen atoms in total. The number of halogens is 3.